The Bertz CT molecular complexity index is 636. The first-order chi connectivity index (χ1) is 11.2. The maximum atomic E-state index is 12.2. The van der Waals surface area contributed by atoms with Crippen LogP contribution in [-0.2, 0) is 0 Å². The fraction of sp³-hybridized carbons (Fsp3) is 0.389. The smallest absolute Gasteiger partial charge is 0.254 e. The summed E-state index contributed by atoms with van der Waals surface area (Å²) in [5, 5.41) is 2.95. The van der Waals surface area contributed by atoms with Crippen LogP contribution in [0.1, 0.15) is 41.6 Å². The topological polar surface area (TPSA) is 58.1 Å². The Morgan fingerprint density at radius 1 is 1.17 bits per heavy atom. The predicted octanol–water partition coefficient (Wildman–Crippen LogP) is 2.61. The number of aromatic nitrogens is 2. The van der Waals surface area contributed by atoms with Crippen LogP contribution in [0.4, 0.5) is 5.95 Å². The number of nitrogens with zero attached hydrogens (tertiary/aromatic N) is 3. The molecule has 1 atom stereocenters. The van der Waals surface area contributed by atoms with Crippen LogP contribution in [0.5, 0.6) is 0 Å². The molecule has 1 fully saturated rings. The summed E-state index contributed by atoms with van der Waals surface area (Å²) in [5.41, 5.74) is 1.72. The summed E-state index contributed by atoms with van der Waals surface area (Å²) in [6, 6.07) is 10.2. The van der Waals surface area contributed by atoms with Crippen LogP contribution in [0, 0.1) is 0 Å². The number of rotatable bonds is 5. The summed E-state index contributed by atoms with van der Waals surface area (Å²) in [6.07, 6.45) is 5.60. The fourth-order valence-corrected chi connectivity index (χ4v) is 2.77. The quantitative estimate of drug-likeness (QED) is 0.922. The van der Waals surface area contributed by atoms with E-state index in [9.17, 15) is 4.79 Å². The molecule has 1 aromatic heterocycles. The van der Waals surface area contributed by atoms with E-state index in [0.717, 1.165) is 19.0 Å². The fourth-order valence-electron chi connectivity index (χ4n) is 2.77. The SMILES string of the molecule is C[C@H](CNC(=O)c1cnc(N2CCCC2)nc1)c1ccccc1. The van der Waals surface area contributed by atoms with Gasteiger partial charge in [0.2, 0.25) is 5.95 Å². The second-order valence-corrected chi connectivity index (χ2v) is 5.99. The van der Waals surface area contributed by atoms with E-state index in [4.69, 9.17) is 0 Å². The first-order valence-electron chi connectivity index (χ1n) is 8.14. The van der Waals surface area contributed by atoms with E-state index in [1.165, 1.54) is 18.4 Å². The molecule has 0 saturated carbocycles. The molecule has 0 aliphatic carbocycles. The summed E-state index contributed by atoms with van der Waals surface area (Å²) >= 11 is 0. The Morgan fingerprint density at radius 2 is 1.83 bits per heavy atom. The van der Waals surface area contributed by atoms with Gasteiger partial charge in [-0.05, 0) is 24.3 Å². The molecule has 1 aliphatic rings. The first-order valence-corrected chi connectivity index (χ1v) is 8.14. The van der Waals surface area contributed by atoms with Crippen molar-refractivity contribution in [2.45, 2.75) is 25.7 Å². The Balaban J connectivity index is 1.55. The Labute approximate surface area is 136 Å². The number of anilines is 1. The van der Waals surface area contributed by atoms with Crippen molar-refractivity contribution in [3.8, 4) is 0 Å². The molecule has 1 saturated heterocycles. The molecule has 1 amide bonds. The zero-order chi connectivity index (χ0) is 16.1. The van der Waals surface area contributed by atoms with Crippen LogP contribution in [0.2, 0.25) is 0 Å². The van der Waals surface area contributed by atoms with Crippen LogP contribution < -0.4 is 10.2 Å². The van der Waals surface area contributed by atoms with Gasteiger partial charge in [-0.15, -0.1) is 0 Å². The van der Waals surface area contributed by atoms with Crippen LogP contribution in [-0.4, -0.2) is 35.5 Å². The van der Waals surface area contributed by atoms with Gasteiger partial charge in [-0.3, -0.25) is 4.79 Å². The summed E-state index contributed by atoms with van der Waals surface area (Å²) < 4.78 is 0. The predicted molar refractivity (Wildman–Crippen MR) is 90.7 cm³/mol. The molecule has 0 unspecified atom stereocenters. The standard InChI is InChI=1S/C18H22N4O/c1-14(15-7-3-2-4-8-15)11-19-17(23)16-12-20-18(21-13-16)22-9-5-6-10-22/h2-4,7-8,12-14H,5-6,9-11H2,1H3,(H,19,23)/t14-/m1/s1. The molecular weight excluding hydrogens is 288 g/mol. The minimum Gasteiger partial charge on any atom is -0.351 e. The highest BCUT2D eigenvalue weighted by molar-refractivity contribution is 5.93. The number of hydrogen-bond donors (Lipinski definition) is 1. The minimum absolute atomic E-state index is 0.124. The second kappa shape index (κ2) is 7.22. The maximum Gasteiger partial charge on any atom is 0.254 e. The van der Waals surface area contributed by atoms with Crippen LogP contribution in [0.15, 0.2) is 42.7 Å². The number of benzene rings is 1. The normalized spacial score (nSPS) is 15.4. The molecule has 120 valence electrons. The van der Waals surface area contributed by atoms with E-state index in [1.807, 2.05) is 18.2 Å². The minimum atomic E-state index is -0.124. The second-order valence-electron chi connectivity index (χ2n) is 5.99. The van der Waals surface area contributed by atoms with Gasteiger partial charge in [-0.2, -0.15) is 0 Å². The lowest BCUT2D eigenvalue weighted by molar-refractivity contribution is 0.0951. The van der Waals surface area contributed by atoms with E-state index in [-0.39, 0.29) is 11.8 Å². The number of carbonyl (C=O) groups excluding carboxylic acids is 1. The third-order valence-corrected chi connectivity index (χ3v) is 4.23. The van der Waals surface area contributed by atoms with Gasteiger partial charge in [-0.1, -0.05) is 37.3 Å². The zero-order valence-corrected chi connectivity index (χ0v) is 13.4. The third-order valence-electron chi connectivity index (χ3n) is 4.23. The molecule has 2 heterocycles. The van der Waals surface area contributed by atoms with E-state index in [2.05, 4.69) is 39.2 Å². The Morgan fingerprint density at radius 3 is 2.48 bits per heavy atom. The van der Waals surface area contributed by atoms with Crippen molar-refractivity contribution in [2.75, 3.05) is 24.5 Å². The molecule has 3 rings (SSSR count). The van der Waals surface area contributed by atoms with Crippen molar-refractivity contribution in [1.82, 2.24) is 15.3 Å². The molecular formula is C18H22N4O. The molecule has 1 aromatic carbocycles. The number of carbonyl (C=O) groups is 1. The highest BCUT2D eigenvalue weighted by Crippen LogP contribution is 2.15. The average Bonchev–Trinajstić information content (AvgIpc) is 3.15. The molecule has 1 aliphatic heterocycles. The highest BCUT2D eigenvalue weighted by Gasteiger charge is 2.16. The van der Waals surface area contributed by atoms with Crippen molar-refractivity contribution in [1.29, 1.82) is 0 Å². The molecule has 0 spiro atoms. The molecule has 0 bridgehead atoms. The summed E-state index contributed by atoms with van der Waals surface area (Å²) in [4.78, 5) is 23.0. The van der Waals surface area contributed by atoms with Gasteiger partial charge < -0.3 is 10.2 Å². The molecule has 5 nitrogen and oxygen atoms in total. The molecule has 1 N–H and O–H groups in total. The molecule has 23 heavy (non-hydrogen) atoms. The van der Waals surface area contributed by atoms with Crippen molar-refractivity contribution in [2.24, 2.45) is 0 Å². The van der Waals surface area contributed by atoms with E-state index in [1.54, 1.807) is 12.4 Å². The first kappa shape index (κ1) is 15.5. The highest BCUT2D eigenvalue weighted by atomic mass is 16.1. The lowest BCUT2D eigenvalue weighted by Crippen LogP contribution is -2.28. The van der Waals surface area contributed by atoms with Gasteiger partial charge in [0.05, 0.1) is 5.56 Å². The molecule has 0 radical (unpaired) electrons. The average molecular weight is 310 g/mol. The summed E-state index contributed by atoms with van der Waals surface area (Å²) in [7, 11) is 0. The van der Waals surface area contributed by atoms with Crippen LogP contribution in [0.25, 0.3) is 0 Å². The van der Waals surface area contributed by atoms with Crippen molar-refractivity contribution < 1.29 is 4.79 Å². The van der Waals surface area contributed by atoms with Crippen molar-refractivity contribution in [3.63, 3.8) is 0 Å². The monoisotopic (exact) mass is 310 g/mol. The van der Waals surface area contributed by atoms with Gasteiger partial charge >= 0.3 is 0 Å². The van der Waals surface area contributed by atoms with Gasteiger partial charge in [-0.25, -0.2) is 9.97 Å². The number of nitrogens with one attached hydrogen (secondary N) is 1. The van der Waals surface area contributed by atoms with E-state index >= 15 is 0 Å². The van der Waals surface area contributed by atoms with E-state index in [0.29, 0.717) is 12.1 Å². The summed E-state index contributed by atoms with van der Waals surface area (Å²) in [5.74, 6) is 0.863. The molecule has 5 heteroatoms. The lowest BCUT2D eigenvalue weighted by Gasteiger charge is -2.15. The third kappa shape index (κ3) is 3.86. The van der Waals surface area contributed by atoms with Crippen LogP contribution >= 0.6 is 0 Å². The Hall–Kier alpha value is -2.43. The zero-order valence-electron chi connectivity index (χ0n) is 13.4. The van der Waals surface area contributed by atoms with Gasteiger partial charge in [0.15, 0.2) is 0 Å². The molecule has 2 aromatic rings. The van der Waals surface area contributed by atoms with Crippen molar-refractivity contribution in [3.05, 3.63) is 53.9 Å². The van der Waals surface area contributed by atoms with E-state index < -0.39 is 0 Å². The Kier molecular flexibility index (Phi) is 4.86. The maximum absolute atomic E-state index is 12.2. The van der Waals surface area contributed by atoms with Gasteiger partial charge in [0, 0.05) is 32.0 Å². The number of hydrogen-bond acceptors (Lipinski definition) is 4. The number of amides is 1. The van der Waals surface area contributed by atoms with Gasteiger partial charge in [0.25, 0.3) is 5.91 Å². The van der Waals surface area contributed by atoms with Crippen molar-refractivity contribution >= 4 is 11.9 Å². The van der Waals surface area contributed by atoms with Crippen LogP contribution in [0.3, 0.4) is 0 Å². The summed E-state index contributed by atoms with van der Waals surface area (Å²) in [6.45, 7) is 4.69. The largest absolute Gasteiger partial charge is 0.351 e. The lowest BCUT2D eigenvalue weighted by atomic mass is 10.0. The van der Waals surface area contributed by atoms with Gasteiger partial charge in [0.1, 0.15) is 0 Å².